The average molecular weight is 338 g/mol. The fraction of sp³-hybridized carbons (Fsp3) is 0.357. The van der Waals surface area contributed by atoms with Gasteiger partial charge in [0.15, 0.2) is 5.16 Å². The number of aryl methyl sites for hydroxylation is 1. The van der Waals surface area contributed by atoms with E-state index in [9.17, 15) is 0 Å². The minimum Gasteiger partial charge on any atom is -0.383 e. The van der Waals surface area contributed by atoms with Crippen molar-refractivity contribution >= 4 is 34.4 Å². The molecule has 3 aromatic rings. The van der Waals surface area contributed by atoms with Gasteiger partial charge in [0.05, 0.1) is 24.2 Å². The third kappa shape index (κ3) is 3.43. The fourth-order valence-electron chi connectivity index (χ4n) is 2.17. The van der Waals surface area contributed by atoms with Crippen molar-refractivity contribution in [3.8, 4) is 0 Å². The molecule has 0 amide bonds. The Kier molecular flexibility index (Phi) is 4.97. The molecule has 22 heavy (non-hydrogen) atoms. The number of halogens is 1. The molecule has 6 nitrogen and oxygen atoms in total. The number of nitrogens with zero attached hydrogens (tertiary/aromatic N) is 5. The predicted molar refractivity (Wildman–Crippen MR) is 87.4 cm³/mol. The Bertz CT molecular complexity index is 743. The monoisotopic (exact) mass is 337 g/mol. The van der Waals surface area contributed by atoms with Crippen molar-refractivity contribution in [3.05, 3.63) is 35.9 Å². The first-order chi connectivity index (χ1) is 10.8. The van der Waals surface area contributed by atoms with E-state index in [0.717, 1.165) is 35.0 Å². The molecule has 0 unspecified atom stereocenters. The zero-order chi connectivity index (χ0) is 15.4. The Morgan fingerprint density at radius 1 is 1.32 bits per heavy atom. The van der Waals surface area contributed by atoms with Gasteiger partial charge in [0, 0.05) is 24.4 Å². The van der Waals surface area contributed by atoms with E-state index in [1.165, 1.54) is 0 Å². The van der Waals surface area contributed by atoms with Crippen molar-refractivity contribution in [2.45, 2.75) is 18.2 Å². The van der Waals surface area contributed by atoms with Crippen molar-refractivity contribution in [1.29, 1.82) is 0 Å². The maximum absolute atomic E-state index is 6.06. The number of hydrogen-bond acceptors (Lipinski definition) is 5. The summed E-state index contributed by atoms with van der Waals surface area (Å²) in [5, 5.41) is 5.77. The van der Waals surface area contributed by atoms with Crippen LogP contribution in [0.3, 0.4) is 0 Å². The van der Waals surface area contributed by atoms with Gasteiger partial charge in [-0.15, -0.1) is 0 Å². The average Bonchev–Trinajstić information content (AvgIpc) is 3.12. The summed E-state index contributed by atoms with van der Waals surface area (Å²) in [7, 11) is 1.70. The van der Waals surface area contributed by atoms with E-state index in [1.807, 2.05) is 22.9 Å². The van der Waals surface area contributed by atoms with Gasteiger partial charge in [0.2, 0.25) is 0 Å². The minimum atomic E-state index is 0.644. The van der Waals surface area contributed by atoms with Crippen LogP contribution in [0.15, 0.2) is 36.0 Å². The summed E-state index contributed by atoms with van der Waals surface area (Å²) in [5.41, 5.74) is 1.98. The number of imidazole rings is 1. The minimum absolute atomic E-state index is 0.644. The highest BCUT2D eigenvalue weighted by molar-refractivity contribution is 7.99. The van der Waals surface area contributed by atoms with Gasteiger partial charge in [-0.2, -0.15) is 5.10 Å². The molecule has 0 aliphatic heterocycles. The van der Waals surface area contributed by atoms with Crippen LogP contribution in [-0.2, 0) is 17.8 Å². The number of rotatable bonds is 7. The second-order valence-corrected chi connectivity index (χ2v) is 6.18. The highest BCUT2D eigenvalue weighted by atomic mass is 35.5. The number of fused-ring (bicyclic) bond motifs is 1. The van der Waals surface area contributed by atoms with Gasteiger partial charge in [-0.05, 0) is 18.2 Å². The van der Waals surface area contributed by atoms with Gasteiger partial charge < -0.3 is 9.30 Å². The third-order valence-corrected chi connectivity index (χ3v) is 4.40. The molecule has 3 rings (SSSR count). The lowest BCUT2D eigenvalue weighted by Crippen LogP contribution is -2.07. The number of ether oxygens (including phenoxy) is 1. The summed E-state index contributed by atoms with van der Waals surface area (Å²) in [4.78, 5) is 8.63. The van der Waals surface area contributed by atoms with E-state index in [2.05, 4.69) is 19.6 Å². The fourth-order valence-corrected chi connectivity index (χ4v) is 3.30. The Labute approximate surface area is 137 Å². The molecule has 116 valence electrons. The molecule has 0 atom stereocenters. The van der Waals surface area contributed by atoms with E-state index >= 15 is 0 Å². The van der Waals surface area contributed by atoms with Gasteiger partial charge in [-0.3, -0.25) is 4.68 Å². The summed E-state index contributed by atoms with van der Waals surface area (Å²) in [6, 6.07) is 5.78. The molecule has 2 aromatic heterocycles. The summed E-state index contributed by atoms with van der Waals surface area (Å²) in [6.45, 7) is 2.20. The molecule has 1 aromatic carbocycles. The molecule has 0 spiro atoms. The van der Waals surface area contributed by atoms with Crippen LogP contribution in [0.5, 0.6) is 0 Å². The lowest BCUT2D eigenvalue weighted by molar-refractivity contribution is 0.186. The maximum atomic E-state index is 6.06. The van der Waals surface area contributed by atoms with E-state index in [1.54, 1.807) is 31.5 Å². The summed E-state index contributed by atoms with van der Waals surface area (Å²) >= 11 is 7.75. The molecule has 0 aliphatic rings. The summed E-state index contributed by atoms with van der Waals surface area (Å²) in [6.07, 6.45) is 3.26. The highest BCUT2D eigenvalue weighted by Gasteiger charge is 2.11. The molecule has 0 saturated carbocycles. The first-order valence-electron chi connectivity index (χ1n) is 6.88. The summed E-state index contributed by atoms with van der Waals surface area (Å²) in [5.74, 6) is 0.868. The van der Waals surface area contributed by atoms with Crippen LogP contribution < -0.4 is 0 Å². The van der Waals surface area contributed by atoms with Gasteiger partial charge in [0.25, 0.3) is 0 Å². The molecule has 0 radical (unpaired) electrons. The van der Waals surface area contributed by atoms with Gasteiger partial charge >= 0.3 is 0 Å². The SMILES string of the molecule is COCCn1c(SCCn2cncn2)nc2cc(Cl)ccc21. The quantitative estimate of drug-likeness (QED) is 0.620. The Morgan fingerprint density at radius 2 is 2.23 bits per heavy atom. The normalized spacial score (nSPS) is 11.4. The van der Waals surface area contributed by atoms with Gasteiger partial charge in [0.1, 0.15) is 12.7 Å². The van der Waals surface area contributed by atoms with Gasteiger partial charge in [-0.1, -0.05) is 23.4 Å². The van der Waals surface area contributed by atoms with Crippen molar-refractivity contribution < 1.29 is 4.74 Å². The highest BCUT2D eigenvalue weighted by Crippen LogP contribution is 2.26. The zero-order valence-electron chi connectivity index (χ0n) is 12.1. The maximum Gasteiger partial charge on any atom is 0.169 e. The first-order valence-corrected chi connectivity index (χ1v) is 8.24. The van der Waals surface area contributed by atoms with Crippen LogP contribution >= 0.6 is 23.4 Å². The molecule has 0 bridgehead atoms. The van der Waals surface area contributed by atoms with E-state index in [0.29, 0.717) is 11.6 Å². The first kappa shape index (κ1) is 15.3. The third-order valence-electron chi connectivity index (χ3n) is 3.21. The van der Waals surface area contributed by atoms with Crippen LogP contribution in [0.2, 0.25) is 5.02 Å². The number of thioether (sulfide) groups is 1. The van der Waals surface area contributed by atoms with E-state index in [4.69, 9.17) is 16.3 Å². The number of benzene rings is 1. The lowest BCUT2D eigenvalue weighted by atomic mass is 10.3. The van der Waals surface area contributed by atoms with Crippen LogP contribution in [0.4, 0.5) is 0 Å². The zero-order valence-corrected chi connectivity index (χ0v) is 13.7. The summed E-state index contributed by atoms with van der Waals surface area (Å²) < 4.78 is 9.18. The molecule has 2 heterocycles. The van der Waals surface area contributed by atoms with Crippen molar-refractivity contribution in [1.82, 2.24) is 24.3 Å². The van der Waals surface area contributed by atoms with E-state index in [-0.39, 0.29) is 0 Å². The smallest absolute Gasteiger partial charge is 0.169 e. The molecule has 0 N–H and O–H groups in total. The van der Waals surface area contributed by atoms with Crippen molar-refractivity contribution in [2.24, 2.45) is 0 Å². The van der Waals surface area contributed by atoms with Crippen molar-refractivity contribution in [3.63, 3.8) is 0 Å². The number of aromatic nitrogens is 5. The molecule has 0 aliphatic carbocycles. The molecule has 8 heteroatoms. The van der Waals surface area contributed by atoms with Crippen LogP contribution in [0, 0.1) is 0 Å². The molecule has 0 fully saturated rings. The second kappa shape index (κ2) is 7.13. The van der Waals surface area contributed by atoms with Crippen molar-refractivity contribution in [2.75, 3.05) is 19.5 Å². The number of hydrogen-bond donors (Lipinski definition) is 0. The van der Waals surface area contributed by atoms with Crippen LogP contribution in [0.1, 0.15) is 0 Å². The van der Waals surface area contributed by atoms with Crippen LogP contribution in [0.25, 0.3) is 11.0 Å². The lowest BCUT2D eigenvalue weighted by Gasteiger charge is -2.08. The van der Waals surface area contributed by atoms with E-state index < -0.39 is 0 Å². The van der Waals surface area contributed by atoms with Gasteiger partial charge in [-0.25, -0.2) is 9.97 Å². The largest absolute Gasteiger partial charge is 0.383 e. The predicted octanol–water partition coefficient (Wildman–Crippen LogP) is 2.72. The molecular weight excluding hydrogens is 322 g/mol. The Balaban J connectivity index is 1.79. The Hall–Kier alpha value is -1.57. The molecule has 0 saturated heterocycles. The second-order valence-electron chi connectivity index (χ2n) is 4.68. The Morgan fingerprint density at radius 3 is 3.00 bits per heavy atom. The molecular formula is C14H16ClN5OS. The standard InChI is InChI=1S/C14H16ClN5OS/c1-21-6-4-20-13-3-2-11(15)8-12(13)18-14(20)22-7-5-19-10-16-9-17-19/h2-3,8-10H,4-7H2,1H3. The number of methoxy groups -OCH3 is 1. The topological polar surface area (TPSA) is 57.8 Å². The van der Waals surface area contributed by atoms with Crippen LogP contribution in [-0.4, -0.2) is 43.8 Å².